The molecule has 0 bridgehead atoms. The van der Waals surface area contributed by atoms with Crippen LogP contribution in [0.2, 0.25) is 5.02 Å². The molecule has 7 heteroatoms. The van der Waals surface area contributed by atoms with E-state index < -0.39 is 17.7 Å². The van der Waals surface area contributed by atoms with Crippen LogP contribution in [-0.4, -0.2) is 28.4 Å². The van der Waals surface area contributed by atoms with Gasteiger partial charge in [0.05, 0.1) is 18.2 Å². The summed E-state index contributed by atoms with van der Waals surface area (Å²) in [4.78, 5) is 32.0. The normalized spacial score (nSPS) is 17.4. The first-order valence-corrected chi connectivity index (χ1v) is 11.0. The number of aliphatic hydroxyl groups is 1. The van der Waals surface area contributed by atoms with Crippen molar-refractivity contribution in [3.8, 4) is 5.75 Å². The first-order valence-electron chi connectivity index (χ1n) is 10.6. The predicted molar refractivity (Wildman–Crippen MR) is 127 cm³/mol. The Morgan fingerprint density at radius 2 is 1.97 bits per heavy atom. The van der Waals surface area contributed by atoms with Crippen LogP contribution in [0.15, 0.2) is 72.6 Å². The van der Waals surface area contributed by atoms with Gasteiger partial charge < -0.3 is 9.84 Å². The highest BCUT2D eigenvalue weighted by atomic mass is 35.5. The zero-order valence-corrected chi connectivity index (χ0v) is 19.0. The number of aliphatic hydroxyl groups excluding tert-OH is 1. The van der Waals surface area contributed by atoms with Crippen LogP contribution in [0, 0.1) is 6.92 Å². The van der Waals surface area contributed by atoms with Gasteiger partial charge >= 0.3 is 0 Å². The van der Waals surface area contributed by atoms with Gasteiger partial charge in [-0.15, -0.1) is 0 Å². The molecular formula is C26H23ClN2O4. The number of rotatable bonds is 6. The van der Waals surface area contributed by atoms with Crippen molar-refractivity contribution in [1.82, 2.24) is 4.98 Å². The van der Waals surface area contributed by atoms with Crippen LogP contribution in [0.1, 0.15) is 36.1 Å². The number of nitrogens with zero attached hydrogens (tertiary/aromatic N) is 2. The fourth-order valence-electron chi connectivity index (χ4n) is 3.93. The number of carbonyl (C=O) groups is 2. The lowest BCUT2D eigenvalue weighted by atomic mass is 9.96. The Kier molecular flexibility index (Phi) is 6.47. The van der Waals surface area contributed by atoms with Gasteiger partial charge in [0, 0.05) is 28.7 Å². The highest BCUT2D eigenvalue weighted by Crippen LogP contribution is 2.43. The number of ether oxygens (including phenoxy) is 1. The lowest BCUT2D eigenvalue weighted by Gasteiger charge is -2.26. The third kappa shape index (κ3) is 4.34. The average Bonchev–Trinajstić information content (AvgIpc) is 3.08. The molecule has 1 atom stereocenters. The maximum atomic E-state index is 13.2. The van der Waals surface area contributed by atoms with E-state index in [0.717, 1.165) is 12.0 Å². The van der Waals surface area contributed by atoms with E-state index >= 15 is 0 Å². The molecule has 1 aliphatic rings. The molecule has 1 fully saturated rings. The van der Waals surface area contributed by atoms with E-state index in [1.165, 1.54) is 4.90 Å². The summed E-state index contributed by atoms with van der Waals surface area (Å²) in [5.74, 6) is -1.19. The van der Waals surface area contributed by atoms with Gasteiger partial charge in [0.25, 0.3) is 11.7 Å². The summed E-state index contributed by atoms with van der Waals surface area (Å²) in [6, 6.07) is 14.6. The Labute approximate surface area is 197 Å². The quantitative estimate of drug-likeness (QED) is 0.299. The summed E-state index contributed by atoms with van der Waals surface area (Å²) in [5.41, 5.74) is 2.26. The van der Waals surface area contributed by atoms with Crippen molar-refractivity contribution in [3.05, 3.63) is 94.3 Å². The monoisotopic (exact) mass is 462 g/mol. The Morgan fingerprint density at radius 1 is 1.15 bits per heavy atom. The van der Waals surface area contributed by atoms with Gasteiger partial charge in [-0.3, -0.25) is 19.5 Å². The second-order valence-electron chi connectivity index (χ2n) is 7.76. The van der Waals surface area contributed by atoms with Crippen LogP contribution in [0.25, 0.3) is 5.76 Å². The Balaban J connectivity index is 1.90. The molecule has 0 spiro atoms. The highest BCUT2D eigenvalue weighted by molar-refractivity contribution is 6.51. The molecular weight excluding hydrogens is 440 g/mol. The minimum atomic E-state index is -0.848. The van der Waals surface area contributed by atoms with Crippen LogP contribution < -0.4 is 9.64 Å². The summed E-state index contributed by atoms with van der Waals surface area (Å²) in [5, 5.41) is 11.8. The lowest BCUT2D eigenvalue weighted by Crippen LogP contribution is -2.30. The van der Waals surface area contributed by atoms with E-state index in [1.807, 2.05) is 13.8 Å². The van der Waals surface area contributed by atoms with Crippen molar-refractivity contribution in [2.24, 2.45) is 0 Å². The van der Waals surface area contributed by atoms with E-state index in [9.17, 15) is 14.7 Å². The van der Waals surface area contributed by atoms with Crippen molar-refractivity contribution in [3.63, 3.8) is 0 Å². The molecule has 0 radical (unpaired) electrons. The Bertz CT molecular complexity index is 1240. The smallest absolute Gasteiger partial charge is 0.300 e. The molecule has 4 rings (SSSR count). The number of Topliss-reactive ketones (excluding diaryl/α,β-unsaturated/α-hetero) is 1. The number of aryl methyl sites for hydroxylation is 1. The molecule has 1 N–H and O–H groups in total. The molecule has 1 aromatic heterocycles. The number of amides is 1. The number of aromatic nitrogens is 1. The maximum Gasteiger partial charge on any atom is 0.300 e. The van der Waals surface area contributed by atoms with Crippen LogP contribution in [0.3, 0.4) is 0 Å². The van der Waals surface area contributed by atoms with Gasteiger partial charge in [-0.1, -0.05) is 36.7 Å². The molecule has 33 heavy (non-hydrogen) atoms. The molecule has 1 saturated heterocycles. The summed E-state index contributed by atoms with van der Waals surface area (Å²) < 4.78 is 5.67. The largest absolute Gasteiger partial charge is 0.507 e. The zero-order valence-electron chi connectivity index (χ0n) is 18.3. The topological polar surface area (TPSA) is 79.7 Å². The first-order chi connectivity index (χ1) is 15.9. The van der Waals surface area contributed by atoms with Crippen LogP contribution in [0.4, 0.5) is 5.69 Å². The minimum absolute atomic E-state index is 0.00464. The molecule has 168 valence electrons. The molecule has 1 unspecified atom stereocenters. The van der Waals surface area contributed by atoms with E-state index in [4.69, 9.17) is 16.3 Å². The maximum absolute atomic E-state index is 13.2. The molecule has 2 aromatic carbocycles. The number of hydrogen-bond donors (Lipinski definition) is 1. The summed E-state index contributed by atoms with van der Waals surface area (Å²) >= 11 is 6.11. The summed E-state index contributed by atoms with van der Waals surface area (Å²) in [6.45, 7) is 4.34. The zero-order chi connectivity index (χ0) is 23.5. The third-order valence-corrected chi connectivity index (χ3v) is 5.68. The van der Waals surface area contributed by atoms with Crippen molar-refractivity contribution < 1.29 is 19.4 Å². The second-order valence-corrected chi connectivity index (χ2v) is 8.20. The van der Waals surface area contributed by atoms with E-state index in [0.29, 0.717) is 34.2 Å². The number of carbonyl (C=O) groups excluding carboxylic acids is 2. The number of benzene rings is 2. The highest BCUT2D eigenvalue weighted by Gasteiger charge is 2.47. The molecule has 3 aromatic rings. The number of ketones is 1. The average molecular weight is 463 g/mol. The fraction of sp³-hybridized carbons (Fsp3) is 0.192. The number of pyridine rings is 1. The van der Waals surface area contributed by atoms with Gasteiger partial charge in [0.15, 0.2) is 0 Å². The SMILES string of the molecule is CCCOc1cccc(/C(O)=C2\C(=O)C(=O)N(c3ccc(Cl)cc3C)C2c2cccnc2)c1. The predicted octanol–water partition coefficient (Wildman–Crippen LogP) is 5.46. The van der Waals surface area contributed by atoms with E-state index in [-0.39, 0.29) is 11.3 Å². The van der Waals surface area contributed by atoms with Gasteiger partial charge in [-0.25, -0.2) is 0 Å². The minimum Gasteiger partial charge on any atom is -0.507 e. The first kappa shape index (κ1) is 22.6. The number of halogens is 1. The second kappa shape index (κ2) is 9.46. The molecule has 1 amide bonds. The molecule has 0 aliphatic carbocycles. The van der Waals surface area contributed by atoms with Crippen molar-refractivity contribution in [1.29, 1.82) is 0 Å². The number of hydrogen-bond acceptors (Lipinski definition) is 5. The Morgan fingerprint density at radius 3 is 2.67 bits per heavy atom. The molecule has 6 nitrogen and oxygen atoms in total. The molecule has 1 aliphatic heterocycles. The van der Waals surface area contributed by atoms with Crippen molar-refractivity contribution in [2.45, 2.75) is 26.3 Å². The van der Waals surface area contributed by atoms with E-state index in [1.54, 1.807) is 67.0 Å². The summed E-state index contributed by atoms with van der Waals surface area (Å²) in [6.07, 6.45) is 4.03. The van der Waals surface area contributed by atoms with Gasteiger partial charge in [-0.2, -0.15) is 0 Å². The third-order valence-electron chi connectivity index (χ3n) is 5.44. The van der Waals surface area contributed by atoms with Crippen molar-refractivity contribution in [2.75, 3.05) is 11.5 Å². The van der Waals surface area contributed by atoms with Gasteiger partial charge in [0.1, 0.15) is 11.5 Å². The van der Waals surface area contributed by atoms with Crippen LogP contribution in [-0.2, 0) is 9.59 Å². The van der Waals surface area contributed by atoms with Gasteiger partial charge in [0.2, 0.25) is 0 Å². The number of anilines is 1. The fourth-order valence-corrected chi connectivity index (χ4v) is 4.16. The van der Waals surface area contributed by atoms with Crippen molar-refractivity contribution >= 4 is 34.7 Å². The lowest BCUT2D eigenvalue weighted by molar-refractivity contribution is -0.132. The van der Waals surface area contributed by atoms with Crippen LogP contribution in [0.5, 0.6) is 5.75 Å². The Hall–Kier alpha value is -3.64. The molecule has 0 saturated carbocycles. The summed E-state index contributed by atoms with van der Waals surface area (Å²) in [7, 11) is 0. The molecule has 2 heterocycles. The van der Waals surface area contributed by atoms with E-state index in [2.05, 4.69) is 4.98 Å². The van der Waals surface area contributed by atoms with Gasteiger partial charge in [-0.05, 0) is 60.9 Å². The van der Waals surface area contributed by atoms with Crippen LogP contribution >= 0.6 is 11.6 Å². The standard InChI is InChI=1S/C26H23ClN2O4/c1-3-12-33-20-8-4-6-17(14-20)24(30)22-23(18-7-5-11-28-15-18)29(26(32)25(22)31)21-10-9-19(27)13-16(21)2/h4-11,13-15,23,30H,3,12H2,1-2H3/b24-22+.